The summed E-state index contributed by atoms with van der Waals surface area (Å²) in [6, 6.07) is 9.46. The van der Waals surface area contributed by atoms with Crippen LogP contribution in [0.4, 0.5) is 8.78 Å². The summed E-state index contributed by atoms with van der Waals surface area (Å²) in [5.41, 5.74) is 0.621. The molecule has 2 atom stereocenters. The predicted molar refractivity (Wildman–Crippen MR) is 77.8 cm³/mol. The van der Waals surface area contributed by atoms with Gasteiger partial charge in [-0.15, -0.1) is 0 Å². The second-order valence-electron chi connectivity index (χ2n) is 4.79. The fourth-order valence-electron chi connectivity index (χ4n) is 2.36. The highest BCUT2D eigenvalue weighted by molar-refractivity contribution is 5.36. The summed E-state index contributed by atoms with van der Waals surface area (Å²) in [5, 5.41) is 12.7. The lowest BCUT2D eigenvalue weighted by Gasteiger charge is -2.24. The number of furan rings is 1. The lowest BCUT2D eigenvalue weighted by molar-refractivity contribution is -0.0508. The first-order chi connectivity index (χ1) is 10.7. The van der Waals surface area contributed by atoms with Gasteiger partial charge in [0, 0.05) is 11.6 Å². The van der Waals surface area contributed by atoms with Gasteiger partial charge in [-0.1, -0.05) is 25.1 Å². The van der Waals surface area contributed by atoms with Gasteiger partial charge in [0.2, 0.25) is 0 Å². The van der Waals surface area contributed by atoms with Gasteiger partial charge < -0.3 is 14.3 Å². The minimum absolute atomic E-state index is 0.132. The average molecular weight is 311 g/mol. The number of halogens is 2. The molecule has 0 saturated carbocycles. The Labute approximate surface area is 127 Å². The molecule has 0 saturated heterocycles. The molecule has 0 bridgehead atoms. The molecule has 0 radical (unpaired) electrons. The maximum Gasteiger partial charge on any atom is 0.387 e. The fourth-order valence-corrected chi connectivity index (χ4v) is 2.36. The summed E-state index contributed by atoms with van der Waals surface area (Å²) in [7, 11) is 0. The average Bonchev–Trinajstić information content (AvgIpc) is 3.03. The summed E-state index contributed by atoms with van der Waals surface area (Å²) >= 11 is 0. The van der Waals surface area contributed by atoms with Crippen LogP contribution in [0.2, 0.25) is 0 Å². The quantitative estimate of drug-likeness (QED) is 0.781. The zero-order valence-electron chi connectivity index (χ0n) is 12.2. The molecule has 1 aromatic heterocycles. The molecule has 1 heterocycles. The number of benzene rings is 1. The molecular weight excluding hydrogens is 292 g/mol. The van der Waals surface area contributed by atoms with E-state index in [-0.39, 0.29) is 18.4 Å². The first kappa shape index (κ1) is 16.5. The molecular formula is C16H19F2NO3. The number of alkyl halides is 2. The van der Waals surface area contributed by atoms with E-state index in [0.717, 1.165) is 0 Å². The number of hydrogen-bond donors (Lipinski definition) is 2. The van der Waals surface area contributed by atoms with Gasteiger partial charge in [-0.25, -0.2) is 0 Å². The lowest BCUT2D eigenvalue weighted by atomic mass is 10.0. The maximum absolute atomic E-state index is 12.5. The van der Waals surface area contributed by atoms with E-state index < -0.39 is 12.7 Å². The number of nitrogens with one attached hydrogen (secondary N) is 1. The van der Waals surface area contributed by atoms with Gasteiger partial charge in [-0.3, -0.25) is 5.32 Å². The predicted octanol–water partition coefficient (Wildman–Crippen LogP) is 3.66. The Morgan fingerprint density at radius 3 is 2.55 bits per heavy atom. The van der Waals surface area contributed by atoms with Crippen molar-refractivity contribution in [1.29, 1.82) is 0 Å². The number of para-hydroxylation sites is 1. The van der Waals surface area contributed by atoms with Crippen molar-refractivity contribution in [2.24, 2.45) is 0 Å². The number of aliphatic hydroxyl groups excluding tert-OH is 1. The van der Waals surface area contributed by atoms with Gasteiger partial charge >= 0.3 is 6.61 Å². The Morgan fingerprint density at radius 2 is 1.95 bits per heavy atom. The van der Waals surface area contributed by atoms with Crippen LogP contribution >= 0.6 is 0 Å². The van der Waals surface area contributed by atoms with Crippen LogP contribution in [-0.2, 0) is 0 Å². The monoisotopic (exact) mass is 311 g/mol. The SMILES string of the molecule is CCC(NC(CO)c1ccco1)c1ccccc1OC(F)F. The molecule has 0 fully saturated rings. The first-order valence-corrected chi connectivity index (χ1v) is 7.09. The normalized spacial score (nSPS) is 14.0. The number of rotatable bonds is 8. The minimum Gasteiger partial charge on any atom is -0.468 e. The van der Waals surface area contributed by atoms with Gasteiger partial charge in [0.05, 0.1) is 18.9 Å². The van der Waals surface area contributed by atoms with Crippen LogP contribution in [-0.4, -0.2) is 18.3 Å². The standard InChI is InChI=1S/C16H19F2NO3/c1-2-12(19-13(10-20)15-8-5-9-21-15)11-6-3-4-7-14(11)22-16(17)18/h3-9,12-13,16,19-20H,2,10H2,1H3. The van der Waals surface area contributed by atoms with Gasteiger partial charge in [-0.05, 0) is 24.6 Å². The Bertz CT molecular complexity index is 560. The van der Waals surface area contributed by atoms with Crippen molar-refractivity contribution in [3.05, 3.63) is 54.0 Å². The van der Waals surface area contributed by atoms with E-state index in [2.05, 4.69) is 10.1 Å². The van der Waals surface area contributed by atoms with Gasteiger partial charge in [0.15, 0.2) is 0 Å². The maximum atomic E-state index is 12.5. The molecule has 2 aromatic rings. The van der Waals surface area contributed by atoms with Crippen molar-refractivity contribution in [3.63, 3.8) is 0 Å². The minimum atomic E-state index is -2.88. The van der Waals surface area contributed by atoms with E-state index in [1.165, 1.54) is 12.3 Å². The van der Waals surface area contributed by atoms with Crippen molar-refractivity contribution in [3.8, 4) is 5.75 Å². The molecule has 0 aliphatic carbocycles. The zero-order valence-corrected chi connectivity index (χ0v) is 12.2. The van der Waals surface area contributed by atoms with Crippen molar-refractivity contribution in [2.75, 3.05) is 6.61 Å². The number of aliphatic hydroxyl groups is 1. The van der Waals surface area contributed by atoms with E-state index in [0.29, 0.717) is 17.7 Å². The van der Waals surface area contributed by atoms with Crippen LogP contribution in [0.3, 0.4) is 0 Å². The Morgan fingerprint density at radius 1 is 1.18 bits per heavy atom. The van der Waals surface area contributed by atoms with Crippen LogP contribution < -0.4 is 10.1 Å². The zero-order chi connectivity index (χ0) is 15.9. The first-order valence-electron chi connectivity index (χ1n) is 7.09. The van der Waals surface area contributed by atoms with Gasteiger partial charge in [0.25, 0.3) is 0 Å². The highest BCUT2D eigenvalue weighted by atomic mass is 19.3. The molecule has 4 nitrogen and oxygen atoms in total. The van der Waals surface area contributed by atoms with Crippen molar-refractivity contribution in [1.82, 2.24) is 5.32 Å². The molecule has 0 aliphatic heterocycles. The number of ether oxygens (including phenoxy) is 1. The smallest absolute Gasteiger partial charge is 0.387 e. The van der Waals surface area contributed by atoms with Gasteiger partial charge in [-0.2, -0.15) is 8.78 Å². The molecule has 2 N–H and O–H groups in total. The van der Waals surface area contributed by atoms with E-state index in [9.17, 15) is 13.9 Å². The van der Waals surface area contributed by atoms with Crippen LogP contribution in [0.1, 0.15) is 36.8 Å². The highest BCUT2D eigenvalue weighted by Crippen LogP contribution is 2.30. The summed E-state index contributed by atoms with van der Waals surface area (Å²) in [6.45, 7) is -1.12. The molecule has 120 valence electrons. The Kier molecular flexibility index (Phi) is 5.91. The van der Waals surface area contributed by atoms with Crippen molar-refractivity contribution in [2.45, 2.75) is 32.0 Å². The van der Waals surface area contributed by atoms with E-state index in [4.69, 9.17) is 4.42 Å². The summed E-state index contributed by atoms with van der Waals surface area (Å²) < 4.78 is 34.9. The molecule has 2 unspecified atom stereocenters. The fraction of sp³-hybridized carbons (Fsp3) is 0.375. The third kappa shape index (κ3) is 4.05. The van der Waals surface area contributed by atoms with Crippen LogP contribution in [0.5, 0.6) is 5.75 Å². The molecule has 0 spiro atoms. The van der Waals surface area contributed by atoms with Gasteiger partial charge in [0.1, 0.15) is 11.5 Å². The van der Waals surface area contributed by atoms with E-state index in [1.807, 2.05) is 6.92 Å². The number of hydrogen-bond acceptors (Lipinski definition) is 4. The largest absolute Gasteiger partial charge is 0.468 e. The second kappa shape index (κ2) is 7.91. The van der Waals surface area contributed by atoms with Crippen molar-refractivity contribution >= 4 is 0 Å². The molecule has 0 amide bonds. The van der Waals surface area contributed by atoms with Crippen LogP contribution in [0.25, 0.3) is 0 Å². The topological polar surface area (TPSA) is 54.6 Å². The molecule has 1 aromatic carbocycles. The van der Waals surface area contributed by atoms with Crippen LogP contribution in [0.15, 0.2) is 47.1 Å². The third-order valence-corrected chi connectivity index (χ3v) is 3.39. The second-order valence-corrected chi connectivity index (χ2v) is 4.79. The molecule has 22 heavy (non-hydrogen) atoms. The summed E-state index contributed by atoms with van der Waals surface area (Å²) in [4.78, 5) is 0. The lowest BCUT2D eigenvalue weighted by Crippen LogP contribution is -2.28. The highest BCUT2D eigenvalue weighted by Gasteiger charge is 2.22. The summed E-state index contributed by atoms with van der Waals surface area (Å²) in [6.07, 6.45) is 2.16. The van der Waals surface area contributed by atoms with Crippen LogP contribution in [0, 0.1) is 0 Å². The van der Waals surface area contributed by atoms with E-state index in [1.54, 1.807) is 30.3 Å². The molecule has 0 aliphatic rings. The molecule has 6 heteroatoms. The summed E-state index contributed by atoms with van der Waals surface area (Å²) in [5.74, 6) is 0.723. The van der Waals surface area contributed by atoms with E-state index >= 15 is 0 Å². The Balaban J connectivity index is 2.21. The van der Waals surface area contributed by atoms with Crippen molar-refractivity contribution < 1.29 is 23.0 Å². The third-order valence-electron chi connectivity index (χ3n) is 3.39. The Hall–Kier alpha value is -1.92. The molecule has 2 rings (SSSR count).